The molecule has 0 aromatic carbocycles. The SMILES string of the molecule is C=CCCCOC(=O)CCCCC(=O)OCCCCCC. The van der Waals surface area contributed by atoms with Crippen molar-refractivity contribution in [2.24, 2.45) is 0 Å². The summed E-state index contributed by atoms with van der Waals surface area (Å²) in [7, 11) is 0. The fourth-order valence-electron chi connectivity index (χ4n) is 1.81. The predicted molar refractivity (Wildman–Crippen MR) is 84.0 cm³/mol. The molecular formula is C17H30O4. The molecule has 122 valence electrons. The van der Waals surface area contributed by atoms with Crippen LogP contribution < -0.4 is 0 Å². The highest BCUT2D eigenvalue weighted by Crippen LogP contribution is 2.05. The van der Waals surface area contributed by atoms with Crippen molar-refractivity contribution < 1.29 is 19.1 Å². The van der Waals surface area contributed by atoms with Crippen LogP contribution in [0.4, 0.5) is 0 Å². The highest BCUT2D eigenvalue weighted by molar-refractivity contribution is 5.70. The van der Waals surface area contributed by atoms with Gasteiger partial charge in [0.25, 0.3) is 0 Å². The van der Waals surface area contributed by atoms with E-state index in [1.807, 2.05) is 6.08 Å². The summed E-state index contributed by atoms with van der Waals surface area (Å²) in [5.41, 5.74) is 0. The summed E-state index contributed by atoms with van der Waals surface area (Å²) < 4.78 is 10.2. The standard InChI is InChI=1S/C17H30O4/c1-3-5-7-11-15-21-17(19)13-9-8-12-16(18)20-14-10-6-4-2/h4H,2-3,5-15H2,1H3. The third-order valence-corrected chi connectivity index (χ3v) is 3.09. The lowest BCUT2D eigenvalue weighted by atomic mass is 10.2. The molecule has 0 aromatic rings. The summed E-state index contributed by atoms with van der Waals surface area (Å²) in [6.45, 7) is 6.72. The van der Waals surface area contributed by atoms with Crippen LogP contribution in [0.15, 0.2) is 12.7 Å². The number of hydrogen-bond donors (Lipinski definition) is 0. The molecule has 0 aliphatic heterocycles. The normalized spacial score (nSPS) is 10.1. The van der Waals surface area contributed by atoms with E-state index in [1.54, 1.807) is 0 Å². The molecule has 0 unspecified atom stereocenters. The van der Waals surface area contributed by atoms with Crippen molar-refractivity contribution in [3.63, 3.8) is 0 Å². The number of carbonyl (C=O) groups is 2. The molecule has 0 saturated heterocycles. The Balaban J connectivity index is 3.34. The van der Waals surface area contributed by atoms with E-state index in [2.05, 4.69) is 13.5 Å². The zero-order valence-electron chi connectivity index (χ0n) is 13.4. The van der Waals surface area contributed by atoms with E-state index in [-0.39, 0.29) is 11.9 Å². The zero-order valence-corrected chi connectivity index (χ0v) is 13.4. The fourth-order valence-corrected chi connectivity index (χ4v) is 1.81. The van der Waals surface area contributed by atoms with Gasteiger partial charge in [0.15, 0.2) is 0 Å². The van der Waals surface area contributed by atoms with Crippen molar-refractivity contribution >= 4 is 11.9 Å². The monoisotopic (exact) mass is 298 g/mol. The van der Waals surface area contributed by atoms with E-state index in [9.17, 15) is 9.59 Å². The Morgan fingerprint density at radius 3 is 1.95 bits per heavy atom. The molecule has 21 heavy (non-hydrogen) atoms. The Bertz CT molecular complexity index is 287. The van der Waals surface area contributed by atoms with Crippen LogP contribution in [-0.2, 0) is 19.1 Å². The van der Waals surface area contributed by atoms with Gasteiger partial charge in [-0.25, -0.2) is 0 Å². The number of allylic oxidation sites excluding steroid dienone is 1. The molecule has 0 spiro atoms. The lowest BCUT2D eigenvalue weighted by Crippen LogP contribution is -2.08. The molecule has 0 atom stereocenters. The fraction of sp³-hybridized carbons (Fsp3) is 0.765. The van der Waals surface area contributed by atoms with Gasteiger partial charge < -0.3 is 9.47 Å². The molecule has 0 bridgehead atoms. The van der Waals surface area contributed by atoms with Crippen LogP contribution in [-0.4, -0.2) is 25.2 Å². The van der Waals surface area contributed by atoms with Crippen molar-refractivity contribution in [2.75, 3.05) is 13.2 Å². The Labute approximate surface area is 128 Å². The molecular weight excluding hydrogens is 268 g/mol. The molecule has 0 saturated carbocycles. The molecule has 4 nitrogen and oxygen atoms in total. The van der Waals surface area contributed by atoms with Crippen LogP contribution >= 0.6 is 0 Å². The van der Waals surface area contributed by atoms with Crippen molar-refractivity contribution in [1.82, 2.24) is 0 Å². The third-order valence-electron chi connectivity index (χ3n) is 3.09. The first-order valence-corrected chi connectivity index (χ1v) is 8.12. The van der Waals surface area contributed by atoms with Crippen molar-refractivity contribution in [2.45, 2.75) is 71.1 Å². The van der Waals surface area contributed by atoms with Crippen LogP contribution in [0, 0.1) is 0 Å². The molecule has 0 amide bonds. The molecule has 0 aromatic heterocycles. The van der Waals surface area contributed by atoms with Gasteiger partial charge in [0.1, 0.15) is 0 Å². The molecule has 0 aliphatic rings. The van der Waals surface area contributed by atoms with Gasteiger partial charge in [0.05, 0.1) is 13.2 Å². The summed E-state index contributed by atoms with van der Waals surface area (Å²) in [6, 6.07) is 0. The maximum Gasteiger partial charge on any atom is 0.305 e. The van der Waals surface area contributed by atoms with Gasteiger partial charge in [-0.1, -0.05) is 32.3 Å². The van der Waals surface area contributed by atoms with E-state index in [4.69, 9.17) is 9.47 Å². The first kappa shape index (κ1) is 19.7. The van der Waals surface area contributed by atoms with Gasteiger partial charge in [0, 0.05) is 12.8 Å². The molecule has 0 fully saturated rings. The van der Waals surface area contributed by atoms with E-state index >= 15 is 0 Å². The smallest absolute Gasteiger partial charge is 0.305 e. The minimum atomic E-state index is -0.188. The number of hydrogen-bond acceptors (Lipinski definition) is 4. The molecule has 0 N–H and O–H groups in total. The summed E-state index contributed by atoms with van der Waals surface area (Å²) >= 11 is 0. The summed E-state index contributed by atoms with van der Waals surface area (Å²) in [5, 5.41) is 0. The lowest BCUT2D eigenvalue weighted by Gasteiger charge is -2.05. The Hall–Kier alpha value is -1.32. The molecule has 0 rings (SSSR count). The highest BCUT2D eigenvalue weighted by atomic mass is 16.5. The maximum absolute atomic E-state index is 11.4. The van der Waals surface area contributed by atoms with Gasteiger partial charge in [0.2, 0.25) is 0 Å². The summed E-state index contributed by atoms with van der Waals surface area (Å²) in [4.78, 5) is 22.8. The van der Waals surface area contributed by atoms with Crippen LogP contribution in [0.3, 0.4) is 0 Å². The quantitative estimate of drug-likeness (QED) is 0.274. The van der Waals surface area contributed by atoms with Crippen LogP contribution in [0.25, 0.3) is 0 Å². The second-order valence-corrected chi connectivity index (χ2v) is 5.14. The topological polar surface area (TPSA) is 52.6 Å². The molecule has 0 aliphatic carbocycles. The third kappa shape index (κ3) is 14.9. The van der Waals surface area contributed by atoms with Crippen LogP contribution in [0.2, 0.25) is 0 Å². The Morgan fingerprint density at radius 2 is 1.43 bits per heavy atom. The predicted octanol–water partition coefficient (Wildman–Crippen LogP) is 4.18. The van der Waals surface area contributed by atoms with Gasteiger partial charge in [-0.3, -0.25) is 9.59 Å². The van der Waals surface area contributed by atoms with Gasteiger partial charge >= 0.3 is 11.9 Å². The molecule has 0 heterocycles. The summed E-state index contributed by atoms with van der Waals surface area (Å²) in [6.07, 6.45) is 10.0. The number of ether oxygens (including phenoxy) is 2. The van der Waals surface area contributed by atoms with E-state index in [0.717, 1.165) is 25.7 Å². The van der Waals surface area contributed by atoms with Crippen LogP contribution in [0.5, 0.6) is 0 Å². The van der Waals surface area contributed by atoms with Gasteiger partial charge in [-0.15, -0.1) is 6.58 Å². The highest BCUT2D eigenvalue weighted by Gasteiger charge is 2.05. The number of unbranched alkanes of at least 4 members (excludes halogenated alkanes) is 5. The van der Waals surface area contributed by atoms with Gasteiger partial charge in [-0.05, 0) is 32.1 Å². The van der Waals surface area contributed by atoms with Crippen LogP contribution in [0.1, 0.15) is 71.1 Å². The lowest BCUT2D eigenvalue weighted by molar-refractivity contribution is -0.146. The summed E-state index contributed by atoms with van der Waals surface area (Å²) in [5.74, 6) is -0.349. The van der Waals surface area contributed by atoms with E-state index in [1.165, 1.54) is 12.8 Å². The maximum atomic E-state index is 11.4. The van der Waals surface area contributed by atoms with Crippen molar-refractivity contribution in [3.8, 4) is 0 Å². The Morgan fingerprint density at radius 1 is 0.857 bits per heavy atom. The molecule has 4 heteroatoms. The van der Waals surface area contributed by atoms with E-state index in [0.29, 0.717) is 38.9 Å². The second kappa shape index (κ2) is 15.1. The largest absolute Gasteiger partial charge is 0.466 e. The number of rotatable bonds is 14. The number of carbonyl (C=O) groups excluding carboxylic acids is 2. The Kier molecular flexibility index (Phi) is 14.1. The minimum Gasteiger partial charge on any atom is -0.466 e. The average Bonchev–Trinajstić information content (AvgIpc) is 2.48. The first-order chi connectivity index (χ1) is 10.2. The van der Waals surface area contributed by atoms with Crippen molar-refractivity contribution in [1.29, 1.82) is 0 Å². The molecule has 0 radical (unpaired) electrons. The zero-order chi connectivity index (χ0) is 15.8. The number of esters is 2. The first-order valence-electron chi connectivity index (χ1n) is 8.12. The second-order valence-electron chi connectivity index (χ2n) is 5.14. The van der Waals surface area contributed by atoms with Crippen molar-refractivity contribution in [3.05, 3.63) is 12.7 Å². The minimum absolute atomic E-state index is 0.161. The van der Waals surface area contributed by atoms with E-state index < -0.39 is 0 Å². The van der Waals surface area contributed by atoms with Gasteiger partial charge in [-0.2, -0.15) is 0 Å². The average molecular weight is 298 g/mol.